The second-order valence-corrected chi connectivity index (χ2v) is 6.16. The first-order valence-corrected chi connectivity index (χ1v) is 8.85. The second kappa shape index (κ2) is 11.0. The molecule has 7 heteroatoms. The van der Waals surface area contributed by atoms with E-state index in [-0.39, 0.29) is 25.4 Å². The zero-order valence-electron chi connectivity index (χ0n) is 15.7. The van der Waals surface area contributed by atoms with Gasteiger partial charge in [0.1, 0.15) is 12.6 Å². The molecule has 0 aliphatic heterocycles. The number of nitrogens with two attached hydrogens (primary N) is 1. The first-order valence-electron chi connectivity index (χ1n) is 8.85. The van der Waals surface area contributed by atoms with Crippen molar-refractivity contribution < 1.29 is 23.9 Å². The summed E-state index contributed by atoms with van der Waals surface area (Å²) in [5, 5.41) is 2.56. The first-order chi connectivity index (χ1) is 13.5. The van der Waals surface area contributed by atoms with Gasteiger partial charge in [0.15, 0.2) is 5.78 Å². The van der Waals surface area contributed by atoms with E-state index in [9.17, 15) is 14.4 Å². The van der Waals surface area contributed by atoms with Crippen molar-refractivity contribution in [1.29, 1.82) is 0 Å². The molecular formula is C21H24N2O5. The maximum absolute atomic E-state index is 12.4. The third kappa shape index (κ3) is 6.61. The Kier molecular flexibility index (Phi) is 8.33. The molecule has 0 fully saturated rings. The van der Waals surface area contributed by atoms with Gasteiger partial charge in [0, 0.05) is 24.7 Å². The average molecular weight is 384 g/mol. The number of benzene rings is 2. The Morgan fingerprint density at radius 2 is 1.61 bits per heavy atom. The molecule has 0 saturated heterocycles. The Labute approximate surface area is 163 Å². The van der Waals surface area contributed by atoms with E-state index >= 15 is 0 Å². The van der Waals surface area contributed by atoms with Gasteiger partial charge in [-0.25, -0.2) is 0 Å². The van der Waals surface area contributed by atoms with Crippen LogP contribution in [-0.2, 0) is 25.5 Å². The predicted octanol–water partition coefficient (Wildman–Crippen LogP) is 1.09. The molecule has 0 heterocycles. The Balaban J connectivity index is 1.95. The van der Waals surface area contributed by atoms with E-state index in [0.717, 1.165) is 5.56 Å². The van der Waals surface area contributed by atoms with Gasteiger partial charge >= 0.3 is 0 Å². The number of carbonyl (C=O) groups is 3. The molecule has 28 heavy (non-hydrogen) atoms. The van der Waals surface area contributed by atoms with Crippen molar-refractivity contribution in [2.75, 3.05) is 26.9 Å². The van der Waals surface area contributed by atoms with Gasteiger partial charge in [-0.3, -0.25) is 14.4 Å². The zero-order chi connectivity index (χ0) is 20.4. The van der Waals surface area contributed by atoms with E-state index in [0.29, 0.717) is 17.7 Å². The van der Waals surface area contributed by atoms with Gasteiger partial charge in [-0.15, -0.1) is 0 Å². The number of hydrogen-bond acceptors (Lipinski definition) is 5. The third-order valence-corrected chi connectivity index (χ3v) is 4.04. The predicted molar refractivity (Wildman–Crippen MR) is 104 cm³/mol. The Morgan fingerprint density at radius 3 is 2.21 bits per heavy atom. The van der Waals surface area contributed by atoms with Crippen molar-refractivity contribution >= 4 is 17.6 Å². The highest BCUT2D eigenvalue weighted by Crippen LogP contribution is 2.12. The fourth-order valence-electron chi connectivity index (χ4n) is 2.55. The van der Waals surface area contributed by atoms with Crippen LogP contribution in [0.2, 0.25) is 0 Å². The minimum atomic E-state index is -0.866. The molecule has 0 aliphatic rings. The molecule has 0 radical (unpaired) electrons. The molecule has 7 nitrogen and oxygen atoms in total. The number of methoxy groups -OCH3 is 1. The molecule has 0 aromatic heterocycles. The van der Waals surface area contributed by atoms with Crippen LogP contribution in [0.3, 0.4) is 0 Å². The molecule has 3 N–H and O–H groups in total. The highest BCUT2D eigenvalue weighted by Gasteiger charge is 2.19. The van der Waals surface area contributed by atoms with Crippen LogP contribution in [0, 0.1) is 0 Å². The van der Waals surface area contributed by atoms with Crippen LogP contribution in [0.25, 0.3) is 0 Å². The Morgan fingerprint density at radius 1 is 0.964 bits per heavy atom. The lowest BCUT2D eigenvalue weighted by Gasteiger charge is -2.16. The van der Waals surface area contributed by atoms with Gasteiger partial charge in [0.25, 0.3) is 0 Å². The molecule has 1 atom stereocenters. The van der Waals surface area contributed by atoms with Crippen LogP contribution in [0.1, 0.15) is 21.5 Å². The Hall–Kier alpha value is -3.03. The molecular weight excluding hydrogens is 360 g/mol. The van der Waals surface area contributed by atoms with Gasteiger partial charge < -0.3 is 20.5 Å². The highest BCUT2D eigenvalue weighted by atomic mass is 16.5. The van der Waals surface area contributed by atoms with Crippen molar-refractivity contribution in [2.24, 2.45) is 5.73 Å². The zero-order valence-corrected chi connectivity index (χ0v) is 15.7. The number of carbonyl (C=O) groups excluding carboxylic acids is 3. The van der Waals surface area contributed by atoms with E-state index in [4.69, 9.17) is 15.2 Å². The lowest BCUT2D eigenvalue weighted by atomic mass is 9.99. The number of amides is 2. The molecule has 2 rings (SSSR count). The van der Waals surface area contributed by atoms with Crippen molar-refractivity contribution in [3.8, 4) is 0 Å². The summed E-state index contributed by atoms with van der Waals surface area (Å²) >= 11 is 0. The third-order valence-electron chi connectivity index (χ3n) is 4.04. The molecule has 0 bridgehead atoms. The lowest BCUT2D eigenvalue weighted by molar-refractivity contribution is -0.130. The minimum absolute atomic E-state index is 0.0832. The van der Waals surface area contributed by atoms with Gasteiger partial charge in [-0.05, 0) is 5.56 Å². The van der Waals surface area contributed by atoms with Gasteiger partial charge in [-0.2, -0.15) is 0 Å². The van der Waals surface area contributed by atoms with Crippen LogP contribution in [0.5, 0.6) is 0 Å². The van der Waals surface area contributed by atoms with Crippen LogP contribution >= 0.6 is 0 Å². The molecule has 0 spiro atoms. The number of ketones is 1. The summed E-state index contributed by atoms with van der Waals surface area (Å²) in [6.45, 7) is 0.473. The smallest absolute Gasteiger partial charge is 0.246 e. The monoisotopic (exact) mass is 384 g/mol. The second-order valence-electron chi connectivity index (χ2n) is 6.16. The summed E-state index contributed by atoms with van der Waals surface area (Å²) < 4.78 is 9.95. The molecule has 0 saturated carbocycles. The number of nitrogens with one attached hydrogen (secondary N) is 1. The maximum atomic E-state index is 12.4. The highest BCUT2D eigenvalue weighted by molar-refractivity contribution is 6.08. The number of primary amides is 1. The fraction of sp³-hybridized carbons (Fsp3) is 0.286. The summed E-state index contributed by atoms with van der Waals surface area (Å²) in [7, 11) is 1.53. The van der Waals surface area contributed by atoms with Gasteiger partial charge in [0.2, 0.25) is 11.8 Å². The van der Waals surface area contributed by atoms with Crippen LogP contribution < -0.4 is 11.1 Å². The fourth-order valence-corrected chi connectivity index (χ4v) is 2.55. The summed E-state index contributed by atoms with van der Waals surface area (Å²) in [5.74, 6) is -1.16. The molecule has 2 amide bonds. The quantitative estimate of drug-likeness (QED) is 0.445. The summed E-state index contributed by atoms with van der Waals surface area (Å²) in [4.78, 5) is 36.0. The molecule has 2 aromatic carbocycles. The minimum Gasteiger partial charge on any atom is -0.382 e. The summed E-state index contributed by atoms with van der Waals surface area (Å²) in [6, 6.07) is 15.0. The normalized spacial score (nSPS) is 11.6. The number of rotatable bonds is 11. The van der Waals surface area contributed by atoms with Gasteiger partial charge in [-0.1, -0.05) is 54.6 Å². The molecule has 148 valence electrons. The summed E-state index contributed by atoms with van der Waals surface area (Å²) in [6.07, 6.45) is 0.221. The van der Waals surface area contributed by atoms with Crippen molar-refractivity contribution in [3.63, 3.8) is 0 Å². The number of hydrogen-bond donors (Lipinski definition) is 2. The van der Waals surface area contributed by atoms with Crippen LogP contribution in [0.15, 0.2) is 54.6 Å². The van der Waals surface area contributed by atoms with E-state index in [1.165, 1.54) is 7.11 Å². The van der Waals surface area contributed by atoms with Crippen LogP contribution in [0.4, 0.5) is 0 Å². The molecule has 0 unspecified atom stereocenters. The summed E-state index contributed by atoms with van der Waals surface area (Å²) in [5.41, 5.74) is 7.31. The maximum Gasteiger partial charge on any atom is 0.246 e. The van der Waals surface area contributed by atoms with Crippen molar-refractivity contribution in [1.82, 2.24) is 5.32 Å². The van der Waals surface area contributed by atoms with Gasteiger partial charge in [0.05, 0.1) is 13.2 Å². The van der Waals surface area contributed by atoms with Crippen molar-refractivity contribution in [3.05, 3.63) is 71.3 Å². The lowest BCUT2D eigenvalue weighted by Crippen LogP contribution is -2.47. The average Bonchev–Trinajstić information content (AvgIpc) is 2.71. The van der Waals surface area contributed by atoms with Crippen molar-refractivity contribution in [2.45, 2.75) is 12.5 Å². The molecule has 2 aromatic rings. The van der Waals surface area contributed by atoms with Crippen LogP contribution in [-0.4, -0.2) is 50.6 Å². The SMILES string of the molecule is COCCOCC(=O)N[C@H](Cc1ccc(C(=O)c2ccccc2)cc1)C(N)=O. The van der Waals surface area contributed by atoms with E-state index in [2.05, 4.69) is 5.32 Å². The van der Waals surface area contributed by atoms with E-state index < -0.39 is 17.9 Å². The van der Waals surface area contributed by atoms with E-state index in [1.54, 1.807) is 48.5 Å². The largest absolute Gasteiger partial charge is 0.382 e. The first kappa shape index (κ1) is 21.3. The Bertz CT molecular complexity index is 790. The topological polar surface area (TPSA) is 108 Å². The number of ether oxygens (including phenoxy) is 2. The standard InChI is InChI=1S/C21H24N2O5/c1-27-11-12-28-14-19(24)23-18(21(22)26)13-15-7-9-17(10-8-15)20(25)16-5-3-2-4-6-16/h2-10,18H,11-14H2,1H3,(H2,22,26)(H,23,24)/t18-/m1/s1. The molecule has 0 aliphatic carbocycles. The van der Waals surface area contributed by atoms with E-state index in [1.807, 2.05) is 6.07 Å².